The Balaban J connectivity index is 1.44. The number of aromatic nitrogens is 2. The zero-order valence-corrected chi connectivity index (χ0v) is 19.9. The first kappa shape index (κ1) is 22.5. The predicted octanol–water partition coefficient (Wildman–Crippen LogP) is 3.95. The largest absolute Gasteiger partial charge is 0.378 e. The summed E-state index contributed by atoms with van der Waals surface area (Å²) in [5.41, 5.74) is 4.36. The Morgan fingerprint density at radius 2 is 2.06 bits per heavy atom. The van der Waals surface area contributed by atoms with Crippen LogP contribution in [0.5, 0.6) is 0 Å². The van der Waals surface area contributed by atoms with Gasteiger partial charge in [-0.2, -0.15) is 0 Å². The number of methoxy groups -OCH3 is 1. The summed E-state index contributed by atoms with van der Waals surface area (Å²) in [6, 6.07) is 6.43. The minimum Gasteiger partial charge on any atom is -0.378 e. The van der Waals surface area contributed by atoms with E-state index < -0.39 is 0 Å². The van der Waals surface area contributed by atoms with Gasteiger partial charge in [-0.1, -0.05) is 26.8 Å². The van der Waals surface area contributed by atoms with Gasteiger partial charge >= 0.3 is 0 Å². The first-order valence-corrected chi connectivity index (χ1v) is 11.5. The molecule has 2 aromatic rings. The van der Waals surface area contributed by atoms with E-state index in [-0.39, 0.29) is 11.3 Å². The zero-order valence-electron chi connectivity index (χ0n) is 19.9. The summed E-state index contributed by atoms with van der Waals surface area (Å²) >= 11 is 0. The number of nitrogens with zero attached hydrogens (tertiary/aromatic N) is 4. The molecule has 2 aliphatic rings. The molecule has 2 aromatic heterocycles. The van der Waals surface area contributed by atoms with Crippen molar-refractivity contribution in [2.24, 2.45) is 5.41 Å². The highest BCUT2D eigenvalue weighted by Crippen LogP contribution is 2.31. The second kappa shape index (κ2) is 9.06. The monoisotopic (exact) mass is 437 g/mol. The summed E-state index contributed by atoms with van der Waals surface area (Å²) in [7, 11) is 1.76. The van der Waals surface area contributed by atoms with Gasteiger partial charge in [-0.05, 0) is 48.4 Å². The van der Waals surface area contributed by atoms with Gasteiger partial charge in [-0.25, -0.2) is 9.97 Å². The normalized spacial score (nSPS) is 16.5. The van der Waals surface area contributed by atoms with Crippen LogP contribution < -0.4 is 15.1 Å². The first-order chi connectivity index (χ1) is 15.2. The van der Waals surface area contributed by atoms with Crippen LogP contribution in [-0.4, -0.2) is 48.7 Å². The number of rotatable bonds is 6. The summed E-state index contributed by atoms with van der Waals surface area (Å²) in [6.45, 7) is 11.8. The van der Waals surface area contributed by atoms with E-state index in [9.17, 15) is 4.79 Å². The number of hydrogen-bond acceptors (Lipinski definition) is 6. The number of anilines is 3. The molecule has 1 amide bonds. The van der Waals surface area contributed by atoms with Crippen molar-refractivity contribution < 1.29 is 9.53 Å². The van der Waals surface area contributed by atoms with Gasteiger partial charge in [0.2, 0.25) is 5.91 Å². The standard InChI is InChI=1S/C25H35N5O2/c1-17-11-21-20(27-24(17)28-23(31)12-25(2,3)4)7-6-10-29(21)14-18-8-9-22(26-13-18)30-15-19(16-30)32-5/h8-9,11,13,19H,6-7,10,12,14-16H2,1-5H3,(H,27,28,31). The molecule has 0 saturated carbocycles. The van der Waals surface area contributed by atoms with Gasteiger partial charge < -0.3 is 19.9 Å². The van der Waals surface area contributed by atoms with Crippen molar-refractivity contribution in [2.45, 2.75) is 59.6 Å². The molecule has 7 nitrogen and oxygen atoms in total. The highest BCUT2D eigenvalue weighted by molar-refractivity contribution is 5.91. The van der Waals surface area contributed by atoms with Crippen LogP contribution in [0.15, 0.2) is 24.4 Å². The summed E-state index contributed by atoms with van der Waals surface area (Å²) < 4.78 is 5.35. The molecule has 172 valence electrons. The van der Waals surface area contributed by atoms with Crippen LogP contribution in [0, 0.1) is 12.3 Å². The highest BCUT2D eigenvalue weighted by Gasteiger charge is 2.27. The fourth-order valence-electron chi connectivity index (χ4n) is 4.29. The number of pyridine rings is 2. The average molecular weight is 438 g/mol. The predicted molar refractivity (Wildman–Crippen MR) is 128 cm³/mol. The Morgan fingerprint density at radius 1 is 1.28 bits per heavy atom. The number of aryl methyl sites for hydroxylation is 2. The molecule has 0 atom stereocenters. The lowest BCUT2D eigenvalue weighted by atomic mass is 9.92. The smallest absolute Gasteiger partial charge is 0.226 e. The molecule has 4 rings (SSSR count). The third-order valence-corrected chi connectivity index (χ3v) is 6.09. The van der Waals surface area contributed by atoms with E-state index in [1.807, 2.05) is 13.1 Å². The lowest BCUT2D eigenvalue weighted by Gasteiger charge is -2.39. The maximum atomic E-state index is 12.4. The number of nitrogens with one attached hydrogen (secondary N) is 1. The number of fused-ring (bicyclic) bond motifs is 1. The fourth-order valence-corrected chi connectivity index (χ4v) is 4.29. The van der Waals surface area contributed by atoms with Crippen LogP contribution in [0.3, 0.4) is 0 Å². The molecule has 4 heterocycles. The van der Waals surface area contributed by atoms with Crippen LogP contribution in [0.25, 0.3) is 0 Å². The molecule has 1 N–H and O–H groups in total. The SMILES string of the molecule is COC1CN(c2ccc(CN3CCCc4nc(NC(=O)CC(C)(C)C)c(C)cc43)cn2)C1. The second-order valence-electron chi connectivity index (χ2n) is 10.2. The van der Waals surface area contributed by atoms with Gasteiger partial charge in [0.05, 0.1) is 17.5 Å². The van der Waals surface area contributed by atoms with Crippen molar-refractivity contribution >= 4 is 23.2 Å². The topological polar surface area (TPSA) is 70.6 Å². The van der Waals surface area contributed by atoms with Crippen molar-refractivity contribution in [2.75, 3.05) is 41.9 Å². The molecule has 0 aliphatic carbocycles. The summed E-state index contributed by atoms with van der Waals surface area (Å²) in [5.74, 6) is 1.72. The molecule has 1 fully saturated rings. The van der Waals surface area contributed by atoms with Crippen LogP contribution in [0.4, 0.5) is 17.3 Å². The molecule has 1 saturated heterocycles. The van der Waals surface area contributed by atoms with Crippen molar-refractivity contribution in [3.63, 3.8) is 0 Å². The van der Waals surface area contributed by atoms with Crippen LogP contribution in [0.2, 0.25) is 0 Å². The lowest BCUT2D eigenvalue weighted by Crippen LogP contribution is -2.52. The summed E-state index contributed by atoms with van der Waals surface area (Å²) in [5, 5.41) is 3.02. The van der Waals surface area contributed by atoms with Gasteiger partial charge in [0.1, 0.15) is 11.6 Å². The number of ether oxygens (including phenoxy) is 1. The van der Waals surface area contributed by atoms with Gasteiger partial charge in [0.15, 0.2) is 0 Å². The number of hydrogen-bond donors (Lipinski definition) is 1. The molecule has 7 heteroatoms. The molecule has 2 aliphatic heterocycles. The van der Waals surface area contributed by atoms with E-state index in [4.69, 9.17) is 9.72 Å². The minimum atomic E-state index is -0.0479. The molecule has 0 bridgehead atoms. The summed E-state index contributed by atoms with van der Waals surface area (Å²) in [6.07, 6.45) is 4.76. The maximum Gasteiger partial charge on any atom is 0.226 e. The molecule has 0 aromatic carbocycles. The Labute approximate surface area is 191 Å². The first-order valence-electron chi connectivity index (χ1n) is 11.5. The quantitative estimate of drug-likeness (QED) is 0.738. The van der Waals surface area contributed by atoms with Crippen LogP contribution in [-0.2, 0) is 22.5 Å². The maximum absolute atomic E-state index is 12.4. The average Bonchev–Trinajstić information content (AvgIpc) is 2.68. The Hall–Kier alpha value is -2.67. The van der Waals surface area contributed by atoms with Gasteiger partial charge in [0.25, 0.3) is 0 Å². The van der Waals surface area contributed by atoms with Crippen molar-refractivity contribution in [1.82, 2.24) is 9.97 Å². The zero-order chi connectivity index (χ0) is 22.9. The molecule has 0 spiro atoms. The minimum absolute atomic E-state index is 0.0194. The van der Waals surface area contributed by atoms with Crippen LogP contribution in [0.1, 0.15) is 50.4 Å². The number of carbonyl (C=O) groups is 1. The Kier molecular flexibility index (Phi) is 6.38. The van der Waals surface area contributed by atoms with Crippen molar-refractivity contribution in [1.29, 1.82) is 0 Å². The van der Waals surface area contributed by atoms with Gasteiger partial charge in [-0.15, -0.1) is 0 Å². The van der Waals surface area contributed by atoms with Gasteiger partial charge in [0, 0.05) is 45.9 Å². The molecule has 32 heavy (non-hydrogen) atoms. The molecular weight excluding hydrogens is 402 g/mol. The molecular formula is C25H35N5O2. The van der Waals surface area contributed by atoms with E-state index >= 15 is 0 Å². The lowest BCUT2D eigenvalue weighted by molar-refractivity contribution is -0.117. The second-order valence-corrected chi connectivity index (χ2v) is 10.2. The third kappa shape index (κ3) is 5.21. The molecule has 0 radical (unpaired) electrons. The fraction of sp³-hybridized carbons (Fsp3) is 0.560. The summed E-state index contributed by atoms with van der Waals surface area (Å²) in [4.78, 5) is 26.5. The van der Waals surface area contributed by atoms with Crippen LogP contribution >= 0.6 is 0 Å². The number of amides is 1. The van der Waals surface area contributed by atoms with E-state index in [0.29, 0.717) is 18.3 Å². The Bertz CT molecular complexity index is 962. The number of carbonyl (C=O) groups excluding carboxylic acids is 1. The third-order valence-electron chi connectivity index (χ3n) is 6.09. The van der Waals surface area contributed by atoms with Crippen molar-refractivity contribution in [3.8, 4) is 0 Å². The van der Waals surface area contributed by atoms with E-state index in [2.05, 4.69) is 59.1 Å². The van der Waals surface area contributed by atoms with E-state index in [0.717, 1.165) is 61.8 Å². The van der Waals surface area contributed by atoms with Gasteiger partial charge in [-0.3, -0.25) is 4.79 Å². The van der Waals surface area contributed by atoms with E-state index in [1.54, 1.807) is 7.11 Å². The molecule has 0 unspecified atom stereocenters. The van der Waals surface area contributed by atoms with Crippen molar-refractivity contribution in [3.05, 3.63) is 41.2 Å². The van der Waals surface area contributed by atoms with E-state index in [1.165, 1.54) is 5.56 Å². The Morgan fingerprint density at radius 3 is 2.72 bits per heavy atom. The highest BCUT2D eigenvalue weighted by atomic mass is 16.5.